The fourth-order valence-electron chi connectivity index (χ4n) is 5.33. The summed E-state index contributed by atoms with van der Waals surface area (Å²) in [7, 11) is 0. The number of allylic oxidation sites excluding steroid dienone is 2. The molecule has 3 aromatic rings. The van der Waals surface area contributed by atoms with Gasteiger partial charge in [-0.1, -0.05) is 17.4 Å². The molecule has 1 amide bonds. The molecule has 6 rings (SSSR count). The number of hydrogen-bond donors (Lipinski definition) is 6. The van der Waals surface area contributed by atoms with Crippen LogP contribution in [-0.2, 0) is 35.4 Å². The predicted octanol–water partition coefficient (Wildman–Crippen LogP) is 0.692. The first kappa shape index (κ1) is 32.8. The number of nitrogens with zero attached hydrogens (tertiary/aromatic N) is 4. The number of anilines is 1. The number of amides is 1. The second kappa shape index (κ2) is 13.6. The number of aliphatic imine (C=N–C) groups is 1. The van der Waals surface area contributed by atoms with Crippen molar-refractivity contribution in [1.82, 2.24) is 20.7 Å². The van der Waals surface area contributed by atoms with E-state index in [9.17, 15) is 39.3 Å². The maximum Gasteiger partial charge on any atom is 0.341 e. The monoisotopic (exact) mass is 712 g/mol. The number of thiazole rings is 1. The zero-order valence-electron chi connectivity index (χ0n) is 24.5. The van der Waals surface area contributed by atoms with Crippen LogP contribution in [0.5, 0.6) is 0 Å². The van der Waals surface area contributed by atoms with E-state index in [2.05, 4.69) is 25.3 Å². The summed E-state index contributed by atoms with van der Waals surface area (Å²) in [6.45, 7) is 0.519. The molecule has 2 saturated heterocycles. The highest BCUT2D eigenvalue weighted by molar-refractivity contribution is 8.00. The molecule has 2 fully saturated rings. The summed E-state index contributed by atoms with van der Waals surface area (Å²) in [5, 5.41) is 37.6. The van der Waals surface area contributed by atoms with E-state index in [1.807, 2.05) is 41.9 Å². The molecule has 248 valence electrons. The molecule has 0 radical (unpaired) electrons. The van der Waals surface area contributed by atoms with Crippen molar-refractivity contribution in [2.24, 2.45) is 10.9 Å². The molecule has 0 spiro atoms. The number of thiophene rings is 1. The number of carboxylic acids is 2. The molecule has 16 nitrogen and oxygen atoms in total. The summed E-state index contributed by atoms with van der Waals surface area (Å²) in [5.74, 6) is -6.02. The zero-order valence-corrected chi connectivity index (χ0v) is 26.9. The number of aliphatic carboxylic acids is 2. The van der Waals surface area contributed by atoms with E-state index in [1.54, 1.807) is 11.3 Å². The van der Waals surface area contributed by atoms with Crippen molar-refractivity contribution in [2.75, 3.05) is 11.5 Å². The number of ketones is 2. The molecule has 19 heteroatoms. The third-order valence-electron chi connectivity index (χ3n) is 7.59. The number of carboxylic acid groups (broad SMARTS) is 2. The maximum absolute atomic E-state index is 13.4. The van der Waals surface area contributed by atoms with Gasteiger partial charge in [0.25, 0.3) is 4.83 Å². The Bertz CT molecular complexity index is 1950. The van der Waals surface area contributed by atoms with Crippen LogP contribution in [0.4, 0.5) is 5.13 Å². The molecule has 48 heavy (non-hydrogen) atoms. The maximum atomic E-state index is 13.4. The lowest BCUT2D eigenvalue weighted by Crippen LogP contribution is -2.75. The largest absolute Gasteiger partial charge is 0.493 e. The normalized spacial score (nSPS) is 23.4. The number of carbonyl (C=O) groups is 5. The minimum atomic E-state index is -1.90. The van der Waals surface area contributed by atoms with Crippen molar-refractivity contribution in [2.45, 2.75) is 30.1 Å². The van der Waals surface area contributed by atoms with Crippen LogP contribution < -0.4 is 21.1 Å². The number of pyridine rings is 1. The Morgan fingerprint density at radius 3 is 2.71 bits per heavy atom. The Morgan fingerprint density at radius 1 is 1.19 bits per heavy atom. The van der Waals surface area contributed by atoms with E-state index in [4.69, 9.17) is 10.6 Å². The summed E-state index contributed by atoms with van der Waals surface area (Å²) >= 11 is 3.94. The van der Waals surface area contributed by atoms with Crippen molar-refractivity contribution < 1.29 is 48.7 Å². The number of nitrogens with one attached hydrogen (secondary N) is 2. The van der Waals surface area contributed by atoms with Gasteiger partial charge in [0.15, 0.2) is 17.9 Å². The highest BCUT2D eigenvalue weighted by Crippen LogP contribution is 2.41. The Balaban J connectivity index is 1.17. The Labute approximate surface area is 282 Å². The van der Waals surface area contributed by atoms with Crippen molar-refractivity contribution in [3.05, 3.63) is 70.7 Å². The lowest BCUT2D eigenvalue weighted by Gasteiger charge is -2.53. The number of aromatic nitrogens is 2. The predicted molar refractivity (Wildman–Crippen MR) is 174 cm³/mol. The lowest BCUT2D eigenvalue weighted by atomic mass is 9.93. The Morgan fingerprint density at radius 2 is 2.00 bits per heavy atom. The molecule has 3 aromatic heterocycles. The summed E-state index contributed by atoms with van der Waals surface area (Å²) in [5.41, 5.74) is 7.38. The van der Waals surface area contributed by atoms with E-state index in [1.165, 1.54) is 22.0 Å². The first-order chi connectivity index (χ1) is 23.0. The topological polar surface area (TPSA) is 238 Å². The van der Waals surface area contributed by atoms with Crippen molar-refractivity contribution in [3.8, 4) is 0 Å². The third-order valence-corrected chi connectivity index (χ3v) is 10.6. The highest BCUT2D eigenvalue weighted by atomic mass is 32.2. The lowest BCUT2D eigenvalue weighted by molar-refractivity contribution is -0.659. The number of thioether (sulfide) groups is 1. The second-order valence-corrected chi connectivity index (χ2v) is 13.5. The van der Waals surface area contributed by atoms with Crippen LogP contribution in [0.25, 0.3) is 15.9 Å². The molecule has 5 atom stereocenters. The van der Waals surface area contributed by atoms with Gasteiger partial charge in [0, 0.05) is 29.2 Å². The molecule has 3 aliphatic heterocycles. The van der Waals surface area contributed by atoms with Crippen LogP contribution in [0.1, 0.15) is 5.69 Å². The number of carbonyl (C=O) groups excluding carboxylic acids is 3. The van der Waals surface area contributed by atoms with Crippen LogP contribution >= 0.6 is 34.4 Å². The van der Waals surface area contributed by atoms with Crippen LogP contribution in [0, 0.1) is 5.92 Å². The molecule has 3 unspecified atom stereocenters. The van der Waals surface area contributed by atoms with Gasteiger partial charge in [-0.15, -0.1) is 23.1 Å². The molecule has 0 aliphatic carbocycles. The molecule has 0 aromatic carbocycles. The number of fused-ring (bicyclic) bond motifs is 2. The molecule has 0 bridgehead atoms. The van der Waals surface area contributed by atoms with Crippen LogP contribution in [0.15, 0.2) is 70.0 Å². The van der Waals surface area contributed by atoms with Gasteiger partial charge in [0.1, 0.15) is 28.8 Å². The average Bonchev–Trinajstić information content (AvgIpc) is 3.72. The molecule has 6 heterocycles. The molecule has 0 saturated carbocycles. The summed E-state index contributed by atoms with van der Waals surface area (Å²) < 4.78 is 2.05. The molecular weight excluding hydrogens is 687 g/mol. The number of nitrogens with two attached hydrogens (primary N) is 1. The Kier molecular flexibility index (Phi) is 9.27. The van der Waals surface area contributed by atoms with Gasteiger partial charge in [-0.2, -0.15) is 4.57 Å². The van der Waals surface area contributed by atoms with Gasteiger partial charge >= 0.3 is 11.9 Å². The summed E-state index contributed by atoms with van der Waals surface area (Å²) in [6, 6.07) is 3.79. The average molecular weight is 713 g/mol. The Hall–Kier alpha value is -5.11. The van der Waals surface area contributed by atoms with Crippen LogP contribution in [-0.4, -0.2) is 90.1 Å². The van der Waals surface area contributed by atoms with Crippen LogP contribution in [0.3, 0.4) is 0 Å². The first-order valence-electron chi connectivity index (χ1n) is 14.1. The van der Waals surface area contributed by atoms with Gasteiger partial charge in [0.2, 0.25) is 29.5 Å². The van der Waals surface area contributed by atoms with E-state index in [0.717, 1.165) is 27.6 Å². The molecule has 7 N–H and O–H groups in total. The number of hydroxylamine groups is 1. The van der Waals surface area contributed by atoms with Crippen LogP contribution in [0.2, 0.25) is 0 Å². The second-order valence-electron chi connectivity index (χ2n) is 10.6. The number of β-lactam (4-membered cyclic amide) rings is 1. The number of nitrogen functional groups attached to an aromatic ring is 1. The fraction of sp³-hybridized carbons (Fsp3) is 0.241. The summed E-state index contributed by atoms with van der Waals surface area (Å²) in [6.07, 6.45) is 5.13. The third kappa shape index (κ3) is 6.39. The van der Waals surface area contributed by atoms with Crippen molar-refractivity contribution in [3.63, 3.8) is 0 Å². The molecule has 3 aliphatic rings. The van der Waals surface area contributed by atoms with E-state index < -0.39 is 70.5 Å². The first-order valence-corrected chi connectivity index (χ1v) is 16.9. The van der Waals surface area contributed by atoms with Gasteiger partial charge < -0.3 is 31.3 Å². The smallest absolute Gasteiger partial charge is 0.341 e. The van der Waals surface area contributed by atoms with Gasteiger partial charge in [0.05, 0.1) is 17.3 Å². The van der Waals surface area contributed by atoms with E-state index >= 15 is 0 Å². The molecular formula is C29H26N7O9S3+. The highest BCUT2D eigenvalue weighted by Gasteiger charge is 2.57. The standard InChI is InChI=1S/C29H25N7O9S3/c30-29-32-16(12-48-29)19(34-45-22(28(43)44)15-9-17(37)18(38)10-31-15)23(39)33-20-24(40)36-21(27(41)42)14(11-47-26(20)36)4-2-7-35-6-1-3-13-5-8-46-25(13)35/h1-6,8-10,12,14,20-22,26H,7,11H2,(H6-,30,31,32,33,34,37,38,39,41,42,43,44)/p+1/b4-2+/t14?,20-,21?,22?,26-/m1/s1. The summed E-state index contributed by atoms with van der Waals surface area (Å²) in [4.78, 5) is 76.3. The number of hydrogen-bond acceptors (Lipinski definition) is 15. The zero-order chi connectivity index (χ0) is 34.1. The minimum absolute atomic E-state index is 0.0173. The van der Waals surface area contributed by atoms with Gasteiger partial charge in [-0.05, 0) is 23.6 Å². The SMILES string of the molecule is Nc1nc(C(NOC(C(=O)O)C2=CC(=O)C(=O)C=N2)=C(O)N[C@@H]2C(=O)N3C(C(=O)O)C(/C=C/C[n+]4cccc5ccsc54)CS[C@H]23)cs1. The number of aliphatic hydroxyl groups is 1. The van der Waals surface area contributed by atoms with Gasteiger partial charge in [-0.25, -0.2) is 14.6 Å². The number of rotatable bonds is 12. The van der Waals surface area contributed by atoms with Crippen molar-refractivity contribution >= 4 is 91.1 Å². The van der Waals surface area contributed by atoms with Crippen molar-refractivity contribution in [1.29, 1.82) is 0 Å². The number of aliphatic hydroxyl groups excluding tert-OH is 1. The van der Waals surface area contributed by atoms with E-state index in [-0.39, 0.29) is 16.5 Å². The minimum Gasteiger partial charge on any atom is -0.493 e. The quantitative estimate of drug-likeness (QED) is 0.0379. The number of Topliss-reactive ketones (excluding diaryl/α,β-unsaturated/α-hetero) is 1. The fourth-order valence-corrected chi connectivity index (χ4v) is 8.25. The van der Waals surface area contributed by atoms with Gasteiger partial charge in [-0.3, -0.25) is 29.7 Å². The van der Waals surface area contributed by atoms with E-state index in [0.29, 0.717) is 18.5 Å².